The predicted octanol–water partition coefficient (Wildman–Crippen LogP) is 2.68. The third-order valence-electron chi connectivity index (χ3n) is 3.20. The number of hydrogen-bond donors (Lipinski definition) is 1. The SMILES string of the molecule is NCCc1cc(C2CCCCC2)nc(Cl)n1. The minimum atomic E-state index is 0.367. The van der Waals surface area contributed by atoms with E-state index in [4.69, 9.17) is 17.3 Å². The summed E-state index contributed by atoms with van der Waals surface area (Å²) in [4.78, 5) is 8.55. The highest BCUT2D eigenvalue weighted by atomic mass is 35.5. The van der Waals surface area contributed by atoms with Gasteiger partial charge in [-0.15, -0.1) is 0 Å². The van der Waals surface area contributed by atoms with Crippen LogP contribution in [0.15, 0.2) is 6.07 Å². The van der Waals surface area contributed by atoms with Crippen LogP contribution in [0.4, 0.5) is 0 Å². The molecule has 0 radical (unpaired) electrons. The highest BCUT2D eigenvalue weighted by Gasteiger charge is 2.18. The lowest BCUT2D eigenvalue weighted by Crippen LogP contribution is -2.10. The summed E-state index contributed by atoms with van der Waals surface area (Å²) in [7, 11) is 0. The Labute approximate surface area is 101 Å². The maximum absolute atomic E-state index is 5.94. The van der Waals surface area contributed by atoms with Crippen molar-refractivity contribution < 1.29 is 0 Å². The van der Waals surface area contributed by atoms with Gasteiger partial charge in [-0.05, 0) is 37.1 Å². The first kappa shape index (κ1) is 11.8. The third kappa shape index (κ3) is 2.92. The summed E-state index contributed by atoms with van der Waals surface area (Å²) in [6.07, 6.45) is 7.20. The molecule has 0 atom stereocenters. The molecule has 1 aliphatic carbocycles. The van der Waals surface area contributed by atoms with Crippen LogP contribution in [-0.2, 0) is 6.42 Å². The number of aromatic nitrogens is 2. The summed E-state index contributed by atoms with van der Waals surface area (Å²) in [6, 6.07) is 2.08. The Balaban J connectivity index is 2.18. The fourth-order valence-corrected chi connectivity index (χ4v) is 2.57. The van der Waals surface area contributed by atoms with Gasteiger partial charge < -0.3 is 5.73 Å². The lowest BCUT2D eigenvalue weighted by molar-refractivity contribution is 0.436. The molecule has 0 amide bonds. The van der Waals surface area contributed by atoms with Crippen LogP contribution in [0, 0.1) is 0 Å². The highest BCUT2D eigenvalue weighted by Crippen LogP contribution is 2.32. The van der Waals surface area contributed by atoms with Crippen LogP contribution in [0.25, 0.3) is 0 Å². The highest BCUT2D eigenvalue weighted by molar-refractivity contribution is 6.28. The zero-order valence-corrected chi connectivity index (χ0v) is 10.2. The normalized spacial score (nSPS) is 17.6. The Morgan fingerprint density at radius 2 is 2.00 bits per heavy atom. The average molecular weight is 240 g/mol. The molecule has 0 aliphatic heterocycles. The number of halogens is 1. The van der Waals surface area contributed by atoms with Gasteiger partial charge in [0.15, 0.2) is 0 Å². The second kappa shape index (κ2) is 5.60. The summed E-state index contributed by atoms with van der Waals surface area (Å²) in [5, 5.41) is 0.367. The molecular formula is C12H18ClN3. The first-order valence-electron chi connectivity index (χ1n) is 6.03. The molecule has 1 aromatic rings. The van der Waals surface area contributed by atoms with Gasteiger partial charge in [-0.3, -0.25) is 0 Å². The van der Waals surface area contributed by atoms with E-state index in [9.17, 15) is 0 Å². The van der Waals surface area contributed by atoms with Crippen LogP contribution >= 0.6 is 11.6 Å². The van der Waals surface area contributed by atoms with E-state index in [0.717, 1.165) is 17.8 Å². The van der Waals surface area contributed by atoms with Gasteiger partial charge >= 0.3 is 0 Å². The maximum atomic E-state index is 5.94. The Bertz CT molecular complexity index is 348. The van der Waals surface area contributed by atoms with Gasteiger partial charge in [0.05, 0.1) is 0 Å². The van der Waals surface area contributed by atoms with Crippen LogP contribution in [0.3, 0.4) is 0 Å². The zero-order valence-electron chi connectivity index (χ0n) is 9.45. The Kier molecular flexibility index (Phi) is 4.13. The smallest absolute Gasteiger partial charge is 0.222 e. The van der Waals surface area contributed by atoms with E-state index in [1.54, 1.807) is 0 Å². The van der Waals surface area contributed by atoms with Gasteiger partial charge in [-0.25, -0.2) is 9.97 Å². The summed E-state index contributed by atoms with van der Waals surface area (Å²) in [5.41, 5.74) is 7.62. The second-order valence-corrected chi connectivity index (χ2v) is 4.76. The van der Waals surface area contributed by atoms with Crippen molar-refractivity contribution >= 4 is 11.6 Å². The van der Waals surface area contributed by atoms with Crippen molar-refractivity contribution in [3.8, 4) is 0 Å². The minimum Gasteiger partial charge on any atom is -0.330 e. The van der Waals surface area contributed by atoms with Crippen molar-refractivity contribution in [1.29, 1.82) is 0 Å². The van der Waals surface area contributed by atoms with Crippen molar-refractivity contribution in [3.05, 3.63) is 22.7 Å². The zero-order chi connectivity index (χ0) is 11.4. The largest absolute Gasteiger partial charge is 0.330 e. The molecule has 3 nitrogen and oxygen atoms in total. The molecule has 0 aromatic carbocycles. The van der Waals surface area contributed by atoms with E-state index < -0.39 is 0 Å². The molecule has 2 N–H and O–H groups in total. The van der Waals surface area contributed by atoms with E-state index in [0.29, 0.717) is 17.7 Å². The summed E-state index contributed by atoms with van der Waals surface area (Å²) in [5.74, 6) is 0.575. The van der Waals surface area contributed by atoms with Gasteiger partial charge in [0.1, 0.15) is 0 Å². The summed E-state index contributed by atoms with van der Waals surface area (Å²) in [6.45, 7) is 0.609. The molecule has 88 valence electrons. The van der Waals surface area contributed by atoms with Gasteiger partial charge in [0, 0.05) is 23.7 Å². The molecule has 1 saturated carbocycles. The molecule has 1 fully saturated rings. The summed E-state index contributed by atoms with van der Waals surface area (Å²) >= 11 is 5.94. The molecular weight excluding hydrogens is 222 g/mol. The second-order valence-electron chi connectivity index (χ2n) is 4.43. The van der Waals surface area contributed by atoms with E-state index in [1.165, 1.54) is 32.1 Å². The molecule has 2 rings (SSSR count). The van der Waals surface area contributed by atoms with E-state index in [-0.39, 0.29) is 0 Å². The van der Waals surface area contributed by atoms with Crippen LogP contribution in [-0.4, -0.2) is 16.5 Å². The van der Waals surface area contributed by atoms with E-state index >= 15 is 0 Å². The van der Waals surface area contributed by atoms with Crippen LogP contribution in [0.5, 0.6) is 0 Å². The Morgan fingerprint density at radius 3 is 2.69 bits per heavy atom. The molecule has 1 aromatic heterocycles. The monoisotopic (exact) mass is 239 g/mol. The van der Waals surface area contributed by atoms with Gasteiger partial charge in [-0.1, -0.05) is 19.3 Å². The minimum absolute atomic E-state index is 0.367. The standard InChI is InChI=1S/C12H18ClN3/c13-12-15-10(6-7-14)8-11(16-12)9-4-2-1-3-5-9/h8-9H,1-7,14H2. The van der Waals surface area contributed by atoms with Gasteiger partial charge in [0.2, 0.25) is 5.28 Å². The molecule has 0 bridgehead atoms. The van der Waals surface area contributed by atoms with E-state index in [2.05, 4.69) is 16.0 Å². The third-order valence-corrected chi connectivity index (χ3v) is 3.36. The molecule has 0 saturated heterocycles. The topological polar surface area (TPSA) is 51.8 Å². The van der Waals surface area contributed by atoms with Crippen molar-refractivity contribution in [2.45, 2.75) is 44.4 Å². The average Bonchev–Trinajstić information content (AvgIpc) is 2.30. The number of rotatable bonds is 3. The lowest BCUT2D eigenvalue weighted by Gasteiger charge is -2.21. The molecule has 4 heteroatoms. The number of hydrogen-bond acceptors (Lipinski definition) is 3. The van der Waals surface area contributed by atoms with Crippen molar-refractivity contribution in [2.75, 3.05) is 6.54 Å². The van der Waals surface area contributed by atoms with Crippen LogP contribution in [0.1, 0.15) is 49.4 Å². The van der Waals surface area contributed by atoms with E-state index in [1.807, 2.05) is 0 Å². The van der Waals surface area contributed by atoms with Crippen molar-refractivity contribution in [1.82, 2.24) is 9.97 Å². The Hall–Kier alpha value is -0.670. The molecule has 1 aliphatic rings. The first-order chi connectivity index (χ1) is 7.79. The van der Waals surface area contributed by atoms with Gasteiger partial charge in [-0.2, -0.15) is 0 Å². The number of nitrogens with zero attached hydrogens (tertiary/aromatic N) is 2. The van der Waals surface area contributed by atoms with Crippen LogP contribution in [0.2, 0.25) is 5.28 Å². The van der Waals surface area contributed by atoms with Crippen molar-refractivity contribution in [2.24, 2.45) is 5.73 Å². The van der Waals surface area contributed by atoms with Crippen LogP contribution < -0.4 is 5.73 Å². The lowest BCUT2D eigenvalue weighted by atomic mass is 9.86. The fraction of sp³-hybridized carbons (Fsp3) is 0.667. The maximum Gasteiger partial charge on any atom is 0.222 e. The summed E-state index contributed by atoms with van der Waals surface area (Å²) < 4.78 is 0. The van der Waals surface area contributed by atoms with Crippen molar-refractivity contribution in [3.63, 3.8) is 0 Å². The number of nitrogens with two attached hydrogens (primary N) is 1. The molecule has 0 spiro atoms. The Morgan fingerprint density at radius 1 is 1.25 bits per heavy atom. The molecule has 1 heterocycles. The predicted molar refractivity (Wildman–Crippen MR) is 65.6 cm³/mol. The quantitative estimate of drug-likeness (QED) is 0.826. The first-order valence-corrected chi connectivity index (χ1v) is 6.41. The van der Waals surface area contributed by atoms with Gasteiger partial charge in [0.25, 0.3) is 0 Å². The molecule has 0 unspecified atom stereocenters. The molecule has 16 heavy (non-hydrogen) atoms. The fourth-order valence-electron chi connectivity index (χ4n) is 2.37.